The topological polar surface area (TPSA) is 163 Å². The number of carbonyl (C=O) groups excluding carboxylic acids is 2. The number of aryl methyl sites for hydroxylation is 1. The fourth-order valence-electron chi connectivity index (χ4n) is 3.79. The minimum atomic E-state index is -3.63. The Morgan fingerprint density at radius 1 is 0.923 bits per heavy atom. The molecule has 0 aliphatic rings. The molecule has 0 spiro atoms. The van der Waals surface area contributed by atoms with Crippen molar-refractivity contribution in [1.29, 1.82) is 0 Å². The average Bonchev–Trinajstić information content (AvgIpc) is 2.85. The molecule has 5 N–H and O–H groups in total. The predicted octanol–water partition coefficient (Wildman–Crippen LogP) is 3.89. The summed E-state index contributed by atoms with van der Waals surface area (Å²) in [5.41, 5.74) is 3.57. The van der Waals surface area contributed by atoms with Gasteiger partial charge in [0.25, 0.3) is 0 Å². The quantitative estimate of drug-likeness (QED) is 0.240. The number of nitrogens with one attached hydrogen (secondary N) is 4. The lowest BCUT2D eigenvalue weighted by Crippen LogP contribution is -2.29. The summed E-state index contributed by atoms with van der Waals surface area (Å²) < 4.78 is 30.9. The number of carboxylic acid groups (broad SMARTS) is 1. The maximum absolute atomic E-state index is 12.6. The van der Waals surface area contributed by atoms with Crippen molar-refractivity contribution in [3.8, 4) is 5.75 Å². The van der Waals surface area contributed by atoms with Crippen LogP contribution in [0.15, 0.2) is 66.7 Å². The maximum atomic E-state index is 12.6. The molecule has 0 aromatic heterocycles. The first-order valence-electron chi connectivity index (χ1n) is 11.8. The molecule has 39 heavy (non-hydrogen) atoms. The summed E-state index contributed by atoms with van der Waals surface area (Å²) in [5, 5.41) is 17.4. The second-order valence-corrected chi connectivity index (χ2v) is 10.6. The van der Waals surface area contributed by atoms with Crippen LogP contribution >= 0.6 is 0 Å². The number of ether oxygens (including phenoxy) is 1. The molecular formula is C27H30N4O7S. The van der Waals surface area contributed by atoms with E-state index in [1.54, 1.807) is 48.5 Å². The lowest BCUT2D eigenvalue weighted by molar-refractivity contribution is -0.137. The van der Waals surface area contributed by atoms with E-state index >= 15 is 0 Å². The van der Waals surface area contributed by atoms with Crippen molar-refractivity contribution < 1.29 is 32.6 Å². The number of carboxylic acids is 1. The molecule has 3 amide bonds. The van der Waals surface area contributed by atoms with Gasteiger partial charge in [-0.2, -0.15) is 0 Å². The van der Waals surface area contributed by atoms with E-state index in [-0.39, 0.29) is 12.3 Å². The standard InChI is InChI=1S/C27H30N4O7S/c1-17-6-4-5-7-21(17)29-27(35)30-22-13-8-18(14-24(22)38-2)15-25(32)28-20-11-9-19(10-12-20)23(16-26(33)34)31-39(3,36)37/h4-14,23,31H,15-16H2,1-3H3,(H,28,32)(H,33,34)(H2,29,30,35)/t23-/m1/s1. The summed E-state index contributed by atoms with van der Waals surface area (Å²) in [6.07, 6.45) is 0.540. The van der Waals surface area contributed by atoms with Crippen LogP contribution < -0.4 is 25.4 Å². The van der Waals surface area contributed by atoms with E-state index in [2.05, 4.69) is 20.7 Å². The number of anilines is 3. The van der Waals surface area contributed by atoms with Crippen molar-refractivity contribution in [3.05, 3.63) is 83.4 Å². The van der Waals surface area contributed by atoms with E-state index in [0.717, 1.165) is 11.8 Å². The van der Waals surface area contributed by atoms with Gasteiger partial charge in [0.2, 0.25) is 15.9 Å². The van der Waals surface area contributed by atoms with Crippen LogP contribution in [0.25, 0.3) is 0 Å². The van der Waals surface area contributed by atoms with Gasteiger partial charge in [0.15, 0.2) is 0 Å². The number of sulfonamides is 1. The summed E-state index contributed by atoms with van der Waals surface area (Å²) in [6, 6.07) is 17.2. The SMILES string of the molecule is COc1cc(CC(=O)Nc2ccc([C@@H](CC(=O)O)NS(C)(=O)=O)cc2)ccc1NC(=O)Nc1ccccc1C. The lowest BCUT2D eigenvalue weighted by Gasteiger charge is -2.16. The number of amides is 3. The first kappa shape index (κ1) is 29.1. The molecule has 0 bridgehead atoms. The van der Waals surface area contributed by atoms with Crippen molar-refractivity contribution >= 4 is 45.0 Å². The normalized spacial score (nSPS) is 11.8. The summed E-state index contributed by atoms with van der Waals surface area (Å²) in [4.78, 5) is 36.2. The van der Waals surface area contributed by atoms with Gasteiger partial charge >= 0.3 is 12.0 Å². The first-order chi connectivity index (χ1) is 18.4. The monoisotopic (exact) mass is 554 g/mol. The van der Waals surface area contributed by atoms with Gasteiger partial charge in [-0.25, -0.2) is 17.9 Å². The van der Waals surface area contributed by atoms with Gasteiger partial charge in [0.05, 0.1) is 37.9 Å². The van der Waals surface area contributed by atoms with Gasteiger partial charge in [0, 0.05) is 11.4 Å². The number of methoxy groups -OCH3 is 1. The molecule has 1 atom stereocenters. The van der Waals surface area contributed by atoms with E-state index in [1.807, 2.05) is 25.1 Å². The highest BCUT2D eigenvalue weighted by Crippen LogP contribution is 2.27. The second-order valence-electron chi connectivity index (χ2n) is 8.82. The predicted molar refractivity (Wildman–Crippen MR) is 149 cm³/mol. The van der Waals surface area contributed by atoms with Gasteiger partial charge < -0.3 is 25.8 Å². The molecule has 0 aliphatic carbocycles. The maximum Gasteiger partial charge on any atom is 0.323 e. The van der Waals surface area contributed by atoms with Crippen LogP contribution in [-0.2, 0) is 26.0 Å². The summed E-state index contributed by atoms with van der Waals surface area (Å²) in [5.74, 6) is -1.09. The molecule has 0 aliphatic heterocycles. The summed E-state index contributed by atoms with van der Waals surface area (Å²) in [7, 11) is -2.17. The molecule has 206 valence electrons. The number of para-hydroxylation sites is 1. The molecular weight excluding hydrogens is 524 g/mol. The van der Waals surface area contributed by atoms with Gasteiger partial charge in [0.1, 0.15) is 5.75 Å². The molecule has 3 aromatic rings. The van der Waals surface area contributed by atoms with Crippen LogP contribution in [-0.4, -0.2) is 44.8 Å². The number of urea groups is 1. The van der Waals surface area contributed by atoms with E-state index in [9.17, 15) is 22.8 Å². The van der Waals surface area contributed by atoms with E-state index in [0.29, 0.717) is 33.9 Å². The molecule has 0 saturated carbocycles. The number of rotatable bonds is 11. The molecule has 0 radical (unpaired) electrons. The second kappa shape index (κ2) is 12.9. The number of carbonyl (C=O) groups is 3. The van der Waals surface area contributed by atoms with E-state index in [4.69, 9.17) is 9.84 Å². The Kier molecular flexibility index (Phi) is 9.63. The highest BCUT2D eigenvalue weighted by atomic mass is 32.2. The third kappa shape index (κ3) is 9.13. The molecule has 3 aromatic carbocycles. The molecule has 12 heteroatoms. The van der Waals surface area contributed by atoms with Crippen LogP contribution in [0.2, 0.25) is 0 Å². The number of aliphatic carboxylic acids is 1. The largest absolute Gasteiger partial charge is 0.495 e. The molecule has 11 nitrogen and oxygen atoms in total. The zero-order valence-electron chi connectivity index (χ0n) is 21.6. The Bertz CT molecular complexity index is 1460. The summed E-state index contributed by atoms with van der Waals surface area (Å²) >= 11 is 0. The molecule has 0 saturated heterocycles. The minimum Gasteiger partial charge on any atom is -0.495 e. The van der Waals surface area contributed by atoms with Crippen LogP contribution in [0.5, 0.6) is 5.75 Å². The van der Waals surface area contributed by atoms with Gasteiger partial charge in [-0.3, -0.25) is 9.59 Å². The number of hydrogen-bond donors (Lipinski definition) is 5. The number of hydrogen-bond acceptors (Lipinski definition) is 6. The average molecular weight is 555 g/mol. The van der Waals surface area contributed by atoms with Crippen molar-refractivity contribution in [3.63, 3.8) is 0 Å². The third-order valence-corrected chi connectivity index (χ3v) is 6.32. The van der Waals surface area contributed by atoms with Crippen molar-refractivity contribution in [2.45, 2.75) is 25.8 Å². The van der Waals surface area contributed by atoms with E-state index < -0.39 is 34.5 Å². The Morgan fingerprint density at radius 3 is 2.21 bits per heavy atom. The van der Waals surface area contributed by atoms with Crippen LogP contribution in [0.3, 0.4) is 0 Å². The van der Waals surface area contributed by atoms with Crippen LogP contribution in [0.1, 0.15) is 29.2 Å². The molecule has 0 unspecified atom stereocenters. The van der Waals surface area contributed by atoms with Crippen molar-refractivity contribution in [1.82, 2.24) is 4.72 Å². The van der Waals surface area contributed by atoms with Gasteiger partial charge in [-0.05, 0) is 53.9 Å². The lowest BCUT2D eigenvalue weighted by atomic mass is 10.0. The minimum absolute atomic E-state index is 0.0189. The first-order valence-corrected chi connectivity index (χ1v) is 13.7. The van der Waals surface area contributed by atoms with Gasteiger partial charge in [-0.15, -0.1) is 0 Å². The molecule has 0 heterocycles. The van der Waals surface area contributed by atoms with Crippen LogP contribution in [0, 0.1) is 6.92 Å². The van der Waals surface area contributed by atoms with Gasteiger partial charge in [-0.1, -0.05) is 36.4 Å². The molecule has 0 fully saturated rings. The molecule has 3 rings (SSSR count). The fourth-order valence-corrected chi connectivity index (χ4v) is 4.52. The fraction of sp³-hybridized carbons (Fsp3) is 0.222. The zero-order valence-corrected chi connectivity index (χ0v) is 22.5. The number of benzene rings is 3. The smallest absolute Gasteiger partial charge is 0.323 e. The Morgan fingerprint density at radius 2 is 1.59 bits per heavy atom. The zero-order chi connectivity index (χ0) is 28.6. The van der Waals surface area contributed by atoms with Crippen molar-refractivity contribution in [2.24, 2.45) is 0 Å². The van der Waals surface area contributed by atoms with Crippen molar-refractivity contribution in [2.75, 3.05) is 29.3 Å². The highest BCUT2D eigenvalue weighted by Gasteiger charge is 2.19. The highest BCUT2D eigenvalue weighted by molar-refractivity contribution is 7.88. The summed E-state index contributed by atoms with van der Waals surface area (Å²) in [6.45, 7) is 1.89. The van der Waals surface area contributed by atoms with Crippen LogP contribution in [0.4, 0.5) is 21.9 Å². The Hall–Kier alpha value is -4.42. The third-order valence-electron chi connectivity index (χ3n) is 5.60. The van der Waals surface area contributed by atoms with E-state index in [1.165, 1.54) is 7.11 Å². The Labute approximate surface area is 226 Å². The Balaban J connectivity index is 1.62.